The topological polar surface area (TPSA) is 26.0 Å². The highest BCUT2D eigenvalue weighted by molar-refractivity contribution is 4.77. The molecule has 0 amide bonds. The molecule has 0 bridgehead atoms. The molecule has 0 radical (unpaired) electrons. The Morgan fingerprint density at radius 3 is 2.62 bits per heavy atom. The Morgan fingerprint density at radius 1 is 1.62 bits per heavy atom. The number of rotatable bonds is 3. The average molecular weight is 113 g/mol. The van der Waals surface area contributed by atoms with Crippen molar-refractivity contribution in [3.05, 3.63) is 0 Å². The lowest BCUT2D eigenvalue weighted by Gasteiger charge is -2.04. The third-order valence-electron chi connectivity index (χ3n) is 1.86. The standard InChI is InChI=1S/C7H15N/c1-2-7(8)5-6-3-4-6/h6-7H,2-5,8H2,1H3. The highest BCUT2D eigenvalue weighted by Crippen LogP contribution is 2.33. The fraction of sp³-hybridized carbons (Fsp3) is 1.00. The first-order valence-electron chi connectivity index (χ1n) is 3.58. The molecule has 0 aromatic carbocycles. The predicted octanol–water partition coefficient (Wildman–Crippen LogP) is 1.52. The zero-order valence-corrected chi connectivity index (χ0v) is 5.56. The fourth-order valence-corrected chi connectivity index (χ4v) is 0.948. The van der Waals surface area contributed by atoms with Gasteiger partial charge in [0.15, 0.2) is 0 Å². The minimum absolute atomic E-state index is 0.488. The summed E-state index contributed by atoms with van der Waals surface area (Å²) in [4.78, 5) is 0. The lowest BCUT2D eigenvalue weighted by molar-refractivity contribution is 0.555. The predicted molar refractivity (Wildman–Crippen MR) is 35.6 cm³/mol. The first kappa shape index (κ1) is 6.09. The van der Waals surface area contributed by atoms with Crippen molar-refractivity contribution in [2.24, 2.45) is 11.7 Å². The molecule has 0 heterocycles. The second-order valence-electron chi connectivity index (χ2n) is 2.85. The van der Waals surface area contributed by atoms with Crippen LogP contribution in [-0.4, -0.2) is 6.04 Å². The Balaban J connectivity index is 1.98. The van der Waals surface area contributed by atoms with E-state index < -0.39 is 0 Å². The zero-order chi connectivity index (χ0) is 5.98. The molecule has 48 valence electrons. The quantitative estimate of drug-likeness (QED) is 0.590. The number of nitrogens with two attached hydrogens (primary N) is 1. The van der Waals surface area contributed by atoms with E-state index >= 15 is 0 Å². The van der Waals surface area contributed by atoms with Gasteiger partial charge in [0.2, 0.25) is 0 Å². The van der Waals surface area contributed by atoms with Gasteiger partial charge >= 0.3 is 0 Å². The van der Waals surface area contributed by atoms with Crippen LogP contribution in [0.2, 0.25) is 0 Å². The van der Waals surface area contributed by atoms with Gasteiger partial charge in [-0.15, -0.1) is 0 Å². The molecule has 1 unspecified atom stereocenters. The van der Waals surface area contributed by atoms with Crippen LogP contribution in [0.15, 0.2) is 0 Å². The van der Waals surface area contributed by atoms with E-state index in [9.17, 15) is 0 Å². The van der Waals surface area contributed by atoms with Gasteiger partial charge in [-0.25, -0.2) is 0 Å². The number of hydrogen-bond donors (Lipinski definition) is 1. The molecule has 2 N–H and O–H groups in total. The first-order chi connectivity index (χ1) is 3.83. The molecule has 1 aliphatic carbocycles. The summed E-state index contributed by atoms with van der Waals surface area (Å²) in [6.45, 7) is 2.16. The van der Waals surface area contributed by atoms with Crippen LogP contribution < -0.4 is 5.73 Å². The molecule has 1 saturated carbocycles. The molecule has 1 atom stereocenters. The van der Waals surface area contributed by atoms with Crippen molar-refractivity contribution in [2.75, 3.05) is 0 Å². The highest BCUT2D eigenvalue weighted by atomic mass is 14.6. The highest BCUT2D eigenvalue weighted by Gasteiger charge is 2.22. The SMILES string of the molecule is CCC(N)CC1CC1. The molecular formula is C7H15N. The molecule has 0 saturated heterocycles. The molecule has 1 nitrogen and oxygen atoms in total. The lowest BCUT2D eigenvalue weighted by Crippen LogP contribution is -2.18. The van der Waals surface area contributed by atoms with E-state index in [0.29, 0.717) is 6.04 Å². The Hall–Kier alpha value is -0.0400. The maximum atomic E-state index is 5.71. The van der Waals surface area contributed by atoms with Crippen LogP contribution >= 0.6 is 0 Å². The Morgan fingerprint density at radius 2 is 2.25 bits per heavy atom. The fourth-order valence-electron chi connectivity index (χ4n) is 0.948. The van der Waals surface area contributed by atoms with Crippen molar-refractivity contribution < 1.29 is 0 Å². The molecule has 8 heavy (non-hydrogen) atoms. The van der Waals surface area contributed by atoms with E-state index in [1.807, 2.05) is 0 Å². The summed E-state index contributed by atoms with van der Waals surface area (Å²) in [6, 6.07) is 0.488. The average Bonchev–Trinajstić information content (AvgIpc) is 2.50. The second kappa shape index (κ2) is 2.49. The monoisotopic (exact) mass is 113 g/mol. The van der Waals surface area contributed by atoms with Gasteiger partial charge in [0.25, 0.3) is 0 Å². The Bertz CT molecular complexity index is 66.8. The van der Waals surface area contributed by atoms with Crippen molar-refractivity contribution in [2.45, 2.75) is 38.6 Å². The maximum absolute atomic E-state index is 5.71. The van der Waals surface area contributed by atoms with Gasteiger partial charge in [-0.05, 0) is 18.8 Å². The molecule has 1 aliphatic rings. The van der Waals surface area contributed by atoms with Crippen molar-refractivity contribution in [1.29, 1.82) is 0 Å². The van der Waals surface area contributed by atoms with Gasteiger partial charge in [0.05, 0.1) is 0 Å². The van der Waals surface area contributed by atoms with Gasteiger partial charge in [-0.3, -0.25) is 0 Å². The van der Waals surface area contributed by atoms with E-state index in [0.717, 1.165) is 12.3 Å². The third-order valence-corrected chi connectivity index (χ3v) is 1.86. The minimum Gasteiger partial charge on any atom is -0.328 e. The summed E-state index contributed by atoms with van der Waals surface area (Å²) in [5, 5.41) is 0. The summed E-state index contributed by atoms with van der Waals surface area (Å²) >= 11 is 0. The van der Waals surface area contributed by atoms with Gasteiger partial charge in [0.1, 0.15) is 0 Å². The van der Waals surface area contributed by atoms with Crippen LogP contribution in [0.4, 0.5) is 0 Å². The van der Waals surface area contributed by atoms with E-state index in [-0.39, 0.29) is 0 Å². The van der Waals surface area contributed by atoms with E-state index in [2.05, 4.69) is 6.92 Å². The molecule has 1 heteroatoms. The van der Waals surface area contributed by atoms with Crippen molar-refractivity contribution in [1.82, 2.24) is 0 Å². The van der Waals surface area contributed by atoms with Crippen LogP contribution in [0, 0.1) is 5.92 Å². The molecular weight excluding hydrogens is 98.1 g/mol. The lowest BCUT2D eigenvalue weighted by atomic mass is 10.1. The smallest absolute Gasteiger partial charge is 0.00388 e. The van der Waals surface area contributed by atoms with Crippen LogP contribution in [0.5, 0.6) is 0 Å². The van der Waals surface area contributed by atoms with Gasteiger partial charge < -0.3 is 5.73 Å². The summed E-state index contributed by atoms with van der Waals surface area (Å²) in [5.41, 5.74) is 5.71. The van der Waals surface area contributed by atoms with Crippen LogP contribution in [-0.2, 0) is 0 Å². The normalized spacial score (nSPS) is 23.2. The summed E-state index contributed by atoms with van der Waals surface area (Å²) in [6.07, 6.45) is 5.30. The summed E-state index contributed by atoms with van der Waals surface area (Å²) in [5.74, 6) is 1.00. The van der Waals surface area contributed by atoms with Crippen molar-refractivity contribution in [3.8, 4) is 0 Å². The summed E-state index contributed by atoms with van der Waals surface area (Å²) < 4.78 is 0. The van der Waals surface area contributed by atoms with E-state index in [1.165, 1.54) is 19.3 Å². The minimum atomic E-state index is 0.488. The third kappa shape index (κ3) is 1.83. The Kier molecular flexibility index (Phi) is 1.90. The molecule has 0 aromatic rings. The van der Waals surface area contributed by atoms with Crippen molar-refractivity contribution >= 4 is 0 Å². The van der Waals surface area contributed by atoms with Gasteiger partial charge in [-0.2, -0.15) is 0 Å². The van der Waals surface area contributed by atoms with Crippen LogP contribution in [0.25, 0.3) is 0 Å². The molecule has 0 spiro atoms. The zero-order valence-electron chi connectivity index (χ0n) is 5.56. The van der Waals surface area contributed by atoms with Crippen molar-refractivity contribution in [3.63, 3.8) is 0 Å². The number of hydrogen-bond acceptors (Lipinski definition) is 1. The van der Waals surface area contributed by atoms with E-state index in [4.69, 9.17) is 5.73 Å². The Labute approximate surface area is 51.3 Å². The molecule has 1 rings (SSSR count). The first-order valence-corrected chi connectivity index (χ1v) is 3.58. The van der Waals surface area contributed by atoms with Gasteiger partial charge in [0, 0.05) is 6.04 Å². The molecule has 0 aliphatic heterocycles. The summed E-state index contributed by atoms with van der Waals surface area (Å²) in [7, 11) is 0. The molecule has 0 aromatic heterocycles. The van der Waals surface area contributed by atoms with Crippen LogP contribution in [0.3, 0.4) is 0 Å². The van der Waals surface area contributed by atoms with Gasteiger partial charge in [-0.1, -0.05) is 19.8 Å². The largest absolute Gasteiger partial charge is 0.328 e. The second-order valence-corrected chi connectivity index (χ2v) is 2.85. The molecule has 1 fully saturated rings. The van der Waals surface area contributed by atoms with Crippen LogP contribution in [0.1, 0.15) is 32.6 Å². The van der Waals surface area contributed by atoms with E-state index in [1.54, 1.807) is 0 Å². The maximum Gasteiger partial charge on any atom is 0.00388 e.